The van der Waals surface area contributed by atoms with E-state index in [1.54, 1.807) is 21.7 Å². The van der Waals surface area contributed by atoms with Gasteiger partial charge in [0.2, 0.25) is 11.9 Å². The number of hydrogen-bond acceptors (Lipinski definition) is 4. The van der Waals surface area contributed by atoms with E-state index in [-0.39, 0.29) is 0 Å². The van der Waals surface area contributed by atoms with E-state index in [1.165, 1.54) is 0 Å². The van der Waals surface area contributed by atoms with Crippen molar-refractivity contribution in [2.45, 2.75) is 0 Å². The first-order valence-corrected chi connectivity index (χ1v) is 5.11. The minimum Gasteiger partial charge on any atom is -0.368 e. The number of nitrogens with two attached hydrogens (primary N) is 1. The van der Waals surface area contributed by atoms with Gasteiger partial charge < -0.3 is 10.6 Å². The van der Waals surface area contributed by atoms with Crippen molar-refractivity contribution in [2.75, 3.05) is 24.7 Å². The third-order valence-corrected chi connectivity index (χ3v) is 2.34. The quantitative estimate of drug-likeness (QED) is 0.861. The molecule has 1 aromatic carbocycles. The topological polar surface area (TPSA) is 60.0 Å². The number of hydrogen-bond donors (Lipinski definition) is 1. The summed E-state index contributed by atoms with van der Waals surface area (Å²) in [6, 6.07) is 7.25. The second kappa shape index (κ2) is 4.02. The molecule has 0 unspecified atom stereocenters. The van der Waals surface area contributed by atoms with Crippen molar-refractivity contribution in [1.82, 2.24) is 14.8 Å². The van der Waals surface area contributed by atoms with E-state index in [0.717, 1.165) is 5.69 Å². The number of anilines is 2. The molecule has 2 N–H and O–H groups in total. The summed E-state index contributed by atoms with van der Waals surface area (Å²) in [5.74, 6) is 0.929. The van der Waals surface area contributed by atoms with Crippen molar-refractivity contribution in [1.29, 1.82) is 0 Å². The van der Waals surface area contributed by atoms with Gasteiger partial charge in [-0.25, -0.2) is 0 Å². The van der Waals surface area contributed by atoms with Crippen molar-refractivity contribution in [3.63, 3.8) is 0 Å². The van der Waals surface area contributed by atoms with Gasteiger partial charge in [0.1, 0.15) is 0 Å². The number of nitrogens with zero attached hydrogens (tertiary/aromatic N) is 4. The fourth-order valence-electron chi connectivity index (χ4n) is 1.27. The lowest BCUT2D eigenvalue weighted by Crippen LogP contribution is -2.10. The number of halogens is 1. The molecule has 84 valence electrons. The molecule has 0 saturated heterocycles. The van der Waals surface area contributed by atoms with Crippen LogP contribution in [0.15, 0.2) is 24.3 Å². The van der Waals surface area contributed by atoms with Gasteiger partial charge in [0.15, 0.2) is 0 Å². The van der Waals surface area contributed by atoms with Crippen molar-refractivity contribution >= 4 is 23.5 Å². The van der Waals surface area contributed by atoms with Crippen molar-refractivity contribution in [2.24, 2.45) is 0 Å². The molecule has 0 aliphatic carbocycles. The number of aromatic nitrogens is 3. The highest BCUT2D eigenvalue weighted by Gasteiger charge is 2.09. The fourth-order valence-corrected chi connectivity index (χ4v) is 1.40. The number of nitrogen functional groups attached to an aromatic ring is 1. The molecule has 0 amide bonds. The summed E-state index contributed by atoms with van der Waals surface area (Å²) in [5.41, 5.74) is 6.61. The zero-order chi connectivity index (χ0) is 11.7. The molecule has 5 nitrogen and oxygen atoms in total. The molecule has 1 heterocycles. The van der Waals surface area contributed by atoms with Crippen LogP contribution >= 0.6 is 11.6 Å². The Labute approximate surface area is 98.4 Å². The van der Waals surface area contributed by atoms with Crippen LogP contribution in [-0.2, 0) is 0 Å². The van der Waals surface area contributed by atoms with E-state index in [9.17, 15) is 0 Å². The van der Waals surface area contributed by atoms with Gasteiger partial charge in [-0.05, 0) is 24.3 Å². The van der Waals surface area contributed by atoms with Gasteiger partial charge in [-0.3, -0.25) is 0 Å². The van der Waals surface area contributed by atoms with Crippen LogP contribution in [-0.4, -0.2) is 28.9 Å². The zero-order valence-corrected chi connectivity index (χ0v) is 9.81. The predicted molar refractivity (Wildman–Crippen MR) is 65.1 cm³/mol. The lowest BCUT2D eigenvalue weighted by atomic mass is 10.3. The van der Waals surface area contributed by atoms with Crippen LogP contribution in [0.5, 0.6) is 0 Å². The Morgan fingerprint density at radius 2 is 1.88 bits per heavy atom. The highest BCUT2D eigenvalue weighted by Crippen LogP contribution is 2.17. The van der Waals surface area contributed by atoms with Crippen molar-refractivity contribution in [3.05, 3.63) is 29.3 Å². The molecule has 0 spiro atoms. The van der Waals surface area contributed by atoms with Gasteiger partial charge in [0.25, 0.3) is 0 Å². The summed E-state index contributed by atoms with van der Waals surface area (Å²) in [4.78, 5) is 5.93. The van der Waals surface area contributed by atoms with Crippen LogP contribution in [0, 0.1) is 0 Å². The second-order valence-corrected chi connectivity index (χ2v) is 3.99. The number of benzene rings is 1. The summed E-state index contributed by atoms with van der Waals surface area (Å²) < 4.78 is 1.58. The summed E-state index contributed by atoms with van der Waals surface area (Å²) >= 11 is 5.81. The third-order valence-electron chi connectivity index (χ3n) is 2.09. The van der Waals surface area contributed by atoms with Crippen LogP contribution in [0.1, 0.15) is 0 Å². The van der Waals surface area contributed by atoms with E-state index in [4.69, 9.17) is 17.3 Å². The summed E-state index contributed by atoms with van der Waals surface area (Å²) in [5, 5.41) is 4.95. The normalized spacial score (nSPS) is 10.4. The molecule has 0 fully saturated rings. The first kappa shape index (κ1) is 10.8. The molecule has 2 aromatic rings. The molecule has 0 aliphatic heterocycles. The Kier molecular flexibility index (Phi) is 2.70. The monoisotopic (exact) mass is 237 g/mol. The molecule has 16 heavy (non-hydrogen) atoms. The van der Waals surface area contributed by atoms with Crippen LogP contribution in [0.3, 0.4) is 0 Å². The largest absolute Gasteiger partial charge is 0.368 e. The predicted octanol–water partition coefficient (Wildman–Crippen LogP) is 1.57. The van der Waals surface area contributed by atoms with Crippen LogP contribution in [0.25, 0.3) is 5.69 Å². The summed E-state index contributed by atoms with van der Waals surface area (Å²) in [6.07, 6.45) is 0. The van der Waals surface area contributed by atoms with Gasteiger partial charge in [-0.15, -0.1) is 5.10 Å². The van der Waals surface area contributed by atoms with E-state index in [0.29, 0.717) is 16.9 Å². The van der Waals surface area contributed by atoms with E-state index in [2.05, 4.69) is 10.1 Å². The van der Waals surface area contributed by atoms with Gasteiger partial charge in [0.05, 0.1) is 5.69 Å². The SMILES string of the molecule is CN(C)c1nc(N)n(-c2ccc(Cl)cc2)n1. The molecule has 0 saturated carbocycles. The Morgan fingerprint density at radius 3 is 2.38 bits per heavy atom. The van der Waals surface area contributed by atoms with Crippen LogP contribution < -0.4 is 10.6 Å². The smallest absolute Gasteiger partial charge is 0.246 e. The lowest BCUT2D eigenvalue weighted by molar-refractivity contribution is 0.875. The van der Waals surface area contributed by atoms with E-state index < -0.39 is 0 Å². The molecule has 0 radical (unpaired) electrons. The minimum atomic E-state index is 0.353. The zero-order valence-electron chi connectivity index (χ0n) is 9.05. The highest BCUT2D eigenvalue weighted by atomic mass is 35.5. The highest BCUT2D eigenvalue weighted by molar-refractivity contribution is 6.30. The Hall–Kier alpha value is -1.75. The second-order valence-electron chi connectivity index (χ2n) is 3.55. The first-order chi connectivity index (χ1) is 7.58. The number of rotatable bonds is 2. The van der Waals surface area contributed by atoms with Gasteiger partial charge in [0, 0.05) is 19.1 Å². The van der Waals surface area contributed by atoms with E-state index >= 15 is 0 Å². The molecule has 1 aromatic heterocycles. The van der Waals surface area contributed by atoms with Crippen LogP contribution in [0.4, 0.5) is 11.9 Å². The fraction of sp³-hybridized carbons (Fsp3) is 0.200. The Bertz CT molecular complexity index is 488. The van der Waals surface area contributed by atoms with Crippen molar-refractivity contribution in [3.8, 4) is 5.69 Å². The molecular formula is C10H12ClN5. The minimum absolute atomic E-state index is 0.353. The first-order valence-electron chi connectivity index (χ1n) is 4.74. The average Bonchev–Trinajstić information content (AvgIpc) is 2.62. The molecular weight excluding hydrogens is 226 g/mol. The maximum Gasteiger partial charge on any atom is 0.246 e. The van der Waals surface area contributed by atoms with Gasteiger partial charge in [-0.2, -0.15) is 9.67 Å². The van der Waals surface area contributed by atoms with Gasteiger partial charge in [-0.1, -0.05) is 11.6 Å². The molecule has 0 atom stereocenters. The lowest BCUT2D eigenvalue weighted by Gasteiger charge is -2.04. The summed E-state index contributed by atoms with van der Waals surface area (Å²) in [6.45, 7) is 0. The Morgan fingerprint density at radius 1 is 1.25 bits per heavy atom. The van der Waals surface area contributed by atoms with Gasteiger partial charge >= 0.3 is 0 Å². The molecule has 6 heteroatoms. The molecule has 0 bridgehead atoms. The maximum atomic E-state index is 5.81. The third kappa shape index (κ3) is 1.94. The molecule has 2 rings (SSSR count). The summed E-state index contributed by atoms with van der Waals surface area (Å²) in [7, 11) is 3.72. The average molecular weight is 238 g/mol. The molecule has 0 aliphatic rings. The Balaban J connectivity index is 2.44. The van der Waals surface area contributed by atoms with Crippen LogP contribution in [0.2, 0.25) is 5.02 Å². The standard InChI is InChI=1S/C10H12ClN5/c1-15(2)10-13-9(12)16(14-10)8-5-3-7(11)4-6-8/h3-6H,1-2H3,(H2,12,13,14). The maximum absolute atomic E-state index is 5.81. The van der Waals surface area contributed by atoms with E-state index in [1.807, 2.05) is 26.2 Å². The van der Waals surface area contributed by atoms with Crippen molar-refractivity contribution < 1.29 is 0 Å².